The van der Waals surface area contributed by atoms with Gasteiger partial charge in [0, 0.05) is 36.5 Å². The molecule has 1 aliphatic rings. The van der Waals surface area contributed by atoms with E-state index >= 15 is 0 Å². The Morgan fingerprint density at radius 2 is 1.61 bits per heavy atom. The number of carbonyl (C=O) groups is 4. The first-order valence-corrected chi connectivity index (χ1v) is 14.7. The molecule has 3 aromatic rings. The lowest BCUT2D eigenvalue weighted by Crippen LogP contribution is -2.57. The molecule has 1 aliphatic heterocycles. The summed E-state index contributed by atoms with van der Waals surface area (Å²) in [7, 11) is 0. The highest BCUT2D eigenvalue weighted by Crippen LogP contribution is 2.19. The Morgan fingerprint density at radius 1 is 0.909 bits per heavy atom. The Bertz CT molecular complexity index is 1460. The lowest BCUT2D eigenvalue weighted by Gasteiger charge is -2.25. The van der Waals surface area contributed by atoms with E-state index in [0.29, 0.717) is 19.4 Å². The monoisotopic (exact) mass is 604 g/mol. The van der Waals surface area contributed by atoms with Gasteiger partial charge in [-0.05, 0) is 49.4 Å². The third-order valence-electron chi connectivity index (χ3n) is 7.58. The molecule has 1 saturated heterocycles. The molecule has 4 atom stereocenters. The first-order chi connectivity index (χ1) is 21.2. The molecular formula is C31H40N8O5. The van der Waals surface area contributed by atoms with Crippen LogP contribution in [0.4, 0.5) is 0 Å². The molecule has 0 radical (unpaired) electrons. The number of nitrogens with two attached hydrogens (primary N) is 2. The number of guanidine groups is 1. The maximum absolute atomic E-state index is 13.6. The minimum atomic E-state index is -1.25. The number of aromatic amines is 1. The summed E-state index contributed by atoms with van der Waals surface area (Å²) >= 11 is 0. The standard InChI is InChI=1S/C31H40N8O5/c32-31(33)35-15-7-13-24(37-27(40)23-12-6-14-34-23)28(41)38-25(16-19-8-2-1-3-9-19)29(42)39-26(30(43)44)17-20-18-36-22-11-5-4-10-21(20)22/h1-5,8-11,18,23-26,34,36H,6-7,12-17H2,(H,37,40)(H,38,41)(H,39,42)(H,43,44)(H4,32,33,35). The van der Waals surface area contributed by atoms with Gasteiger partial charge in [-0.25, -0.2) is 4.79 Å². The summed E-state index contributed by atoms with van der Waals surface area (Å²) in [5, 5.41) is 22.2. The molecule has 44 heavy (non-hydrogen) atoms. The summed E-state index contributed by atoms with van der Waals surface area (Å²) in [6, 6.07) is 12.8. The van der Waals surface area contributed by atoms with Crippen molar-refractivity contribution in [3.05, 3.63) is 71.9 Å². The van der Waals surface area contributed by atoms with Crippen LogP contribution in [-0.4, -0.2) is 77.0 Å². The van der Waals surface area contributed by atoms with Gasteiger partial charge in [-0.3, -0.25) is 19.4 Å². The van der Waals surface area contributed by atoms with Crippen molar-refractivity contribution in [3.63, 3.8) is 0 Å². The Kier molecular flexibility index (Phi) is 11.3. The quantitative estimate of drug-likeness (QED) is 0.0684. The molecule has 3 amide bonds. The zero-order valence-electron chi connectivity index (χ0n) is 24.4. The summed E-state index contributed by atoms with van der Waals surface area (Å²) < 4.78 is 0. The van der Waals surface area contributed by atoms with Crippen LogP contribution in [0.15, 0.2) is 65.8 Å². The second-order valence-corrected chi connectivity index (χ2v) is 10.9. The fourth-order valence-corrected chi connectivity index (χ4v) is 5.28. The topological polar surface area (TPSA) is 217 Å². The van der Waals surface area contributed by atoms with E-state index in [1.165, 1.54) is 0 Å². The molecular weight excluding hydrogens is 564 g/mol. The highest BCUT2D eigenvalue weighted by Gasteiger charge is 2.32. The summed E-state index contributed by atoms with van der Waals surface area (Å²) in [5.74, 6) is -2.82. The van der Waals surface area contributed by atoms with Gasteiger partial charge in [0.05, 0.1) is 6.04 Å². The number of hydrogen-bond acceptors (Lipinski definition) is 6. The molecule has 4 rings (SSSR count). The first-order valence-electron chi connectivity index (χ1n) is 14.7. The molecule has 0 aliphatic carbocycles. The zero-order chi connectivity index (χ0) is 31.5. The Labute approximate surface area is 255 Å². The van der Waals surface area contributed by atoms with Gasteiger partial charge in [-0.1, -0.05) is 48.5 Å². The van der Waals surface area contributed by atoms with Crippen molar-refractivity contribution in [2.24, 2.45) is 16.5 Å². The number of amides is 3. The van der Waals surface area contributed by atoms with E-state index in [-0.39, 0.29) is 37.7 Å². The Balaban J connectivity index is 1.51. The van der Waals surface area contributed by atoms with E-state index in [0.717, 1.165) is 28.5 Å². The smallest absolute Gasteiger partial charge is 0.326 e. The van der Waals surface area contributed by atoms with Crippen LogP contribution in [0.2, 0.25) is 0 Å². The SMILES string of the molecule is NC(N)=NCCCC(NC(=O)C1CCCN1)C(=O)NC(Cc1ccccc1)C(=O)NC(Cc1c[nH]c2ccccc12)C(=O)O. The van der Waals surface area contributed by atoms with Crippen molar-refractivity contribution in [1.29, 1.82) is 0 Å². The lowest BCUT2D eigenvalue weighted by molar-refractivity contribution is -0.142. The summed E-state index contributed by atoms with van der Waals surface area (Å²) in [5.41, 5.74) is 13.2. The number of para-hydroxylation sites is 1. The van der Waals surface area contributed by atoms with Gasteiger partial charge in [0.1, 0.15) is 18.1 Å². The van der Waals surface area contributed by atoms with Crippen LogP contribution < -0.4 is 32.7 Å². The van der Waals surface area contributed by atoms with Crippen molar-refractivity contribution >= 4 is 40.6 Å². The number of aliphatic carboxylic acids is 1. The number of carboxylic acid groups (broad SMARTS) is 1. The third-order valence-corrected chi connectivity index (χ3v) is 7.58. The Hall–Kier alpha value is -4.91. The summed E-state index contributed by atoms with van der Waals surface area (Å²) in [6.45, 7) is 0.966. The maximum Gasteiger partial charge on any atom is 0.326 e. The predicted octanol–water partition coefficient (Wildman–Crippen LogP) is 0.298. The van der Waals surface area contributed by atoms with E-state index in [1.807, 2.05) is 54.6 Å². The van der Waals surface area contributed by atoms with Gasteiger partial charge in [0.25, 0.3) is 0 Å². The van der Waals surface area contributed by atoms with Crippen LogP contribution in [0.5, 0.6) is 0 Å². The van der Waals surface area contributed by atoms with Crippen LogP contribution in [0.25, 0.3) is 10.9 Å². The largest absolute Gasteiger partial charge is 0.480 e. The number of nitrogens with one attached hydrogen (secondary N) is 5. The predicted molar refractivity (Wildman–Crippen MR) is 167 cm³/mol. The van der Waals surface area contributed by atoms with Crippen LogP contribution in [0, 0.1) is 0 Å². The molecule has 0 bridgehead atoms. The van der Waals surface area contributed by atoms with Crippen molar-refractivity contribution in [2.75, 3.05) is 13.1 Å². The molecule has 2 heterocycles. The zero-order valence-corrected chi connectivity index (χ0v) is 24.4. The van der Waals surface area contributed by atoms with Crippen molar-refractivity contribution in [1.82, 2.24) is 26.3 Å². The van der Waals surface area contributed by atoms with Gasteiger partial charge in [0.15, 0.2) is 5.96 Å². The normalized spacial score (nSPS) is 16.4. The molecule has 0 saturated carbocycles. The average Bonchev–Trinajstić information content (AvgIpc) is 3.69. The van der Waals surface area contributed by atoms with Gasteiger partial charge in [-0.2, -0.15) is 0 Å². The molecule has 10 N–H and O–H groups in total. The minimum Gasteiger partial charge on any atom is -0.480 e. The second kappa shape index (κ2) is 15.5. The Morgan fingerprint density at radius 3 is 2.32 bits per heavy atom. The molecule has 2 aromatic carbocycles. The van der Waals surface area contributed by atoms with E-state index in [4.69, 9.17) is 11.5 Å². The number of fused-ring (bicyclic) bond motifs is 1. The highest BCUT2D eigenvalue weighted by atomic mass is 16.4. The number of carboxylic acids is 1. The molecule has 0 spiro atoms. The van der Waals surface area contributed by atoms with Gasteiger partial charge < -0.3 is 42.8 Å². The number of carbonyl (C=O) groups excluding carboxylic acids is 3. The summed E-state index contributed by atoms with van der Waals surface area (Å²) in [6.07, 6.45) is 3.99. The third kappa shape index (κ3) is 9.04. The molecule has 1 fully saturated rings. The van der Waals surface area contributed by atoms with E-state index in [9.17, 15) is 24.3 Å². The molecule has 13 nitrogen and oxygen atoms in total. The maximum atomic E-state index is 13.6. The minimum absolute atomic E-state index is 0.0367. The number of aliphatic imine (C=N–C) groups is 1. The average molecular weight is 605 g/mol. The fraction of sp³-hybridized carbons (Fsp3) is 0.387. The van der Waals surface area contributed by atoms with Crippen LogP contribution in [0.1, 0.15) is 36.8 Å². The molecule has 13 heteroatoms. The number of H-pyrrole nitrogens is 1. The van der Waals surface area contributed by atoms with Gasteiger partial charge >= 0.3 is 5.97 Å². The number of rotatable bonds is 15. The van der Waals surface area contributed by atoms with Gasteiger partial charge in [-0.15, -0.1) is 0 Å². The second-order valence-electron chi connectivity index (χ2n) is 10.9. The molecule has 234 valence electrons. The summed E-state index contributed by atoms with van der Waals surface area (Å²) in [4.78, 5) is 59.5. The van der Waals surface area contributed by atoms with Crippen LogP contribution in [0.3, 0.4) is 0 Å². The van der Waals surface area contributed by atoms with Crippen molar-refractivity contribution in [2.45, 2.75) is 62.7 Å². The highest BCUT2D eigenvalue weighted by molar-refractivity contribution is 5.94. The number of hydrogen-bond donors (Lipinski definition) is 8. The molecule has 4 unspecified atom stereocenters. The lowest BCUT2D eigenvalue weighted by atomic mass is 10.0. The van der Waals surface area contributed by atoms with Crippen molar-refractivity contribution < 1.29 is 24.3 Å². The van der Waals surface area contributed by atoms with Crippen LogP contribution >= 0.6 is 0 Å². The van der Waals surface area contributed by atoms with E-state index < -0.39 is 42.0 Å². The van der Waals surface area contributed by atoms with Gasteiger partial charge in [0.2, 0.25) is 17.7 Å². The number of aromatic nitrogens is 1. The first kappa shape index (κ1) is 32.0. The fourth-order valence-electron chi connectivity index (χ4n) is 5.28. The van der Waals surface area contributed by atoms with E-state index in [2.05, 4.69) is 31.2 Å². The van der Waals surface area contributed by atoms with Crippen LogP contribution in [-0.2, 0) is 32.0 Å². The number of benzene rings is 2. The molecule has 1 aromatic heterocycles. The number of nitrogens with zero attached hydrogens (tertiary/aromatic N) is 1. The van der Waals surface area contributed by atoms with E-state index in [1.54, 1.807) is 6.20 Å². The van der Waals surface area contributed by atoms with Crippen molar-refractivity contribution in [3.8, 4) is 0 Å².